The van der Waals surface area contributed by atoms with Crippen LogP contribution in [0.2, 0.25) is 0 Å². The summed E-state index contributed by atoms with van der Waals surface area (Å²) in [6.07, 6.45) is 5.31. The summed E-state index contributed by atoms with van der Waals surface area (Å²) in [5.41, 5.74) is 0.266. The van der Waals surface area contributed by atoms with E-state index in [0.29, 0.717) is 17.2 Å². The number of methoxy groups -OCH3 is 3. The first-order chi connectivity index (χ1) is 11.6. The Morgan fingerprint density at radius 2 is 1.62 bits per heavy atom. The highest BCUT2D eigenvalue weighted by Crippen LogP contribution is 2.38. The molecule has 0 amide bonds. The van der Waals surface area contributed by atoms with Crippen molar-refractivity contribution in [1.82, 2.24) is 0 Å². The van der Waals surface area contributed by atoms with Crippen LogP contribution in [0.1, 0.15) is 56.3 Å². The first-order valence-corrected chi connectivity index (χ1v) is 8.25. The summed E-state index contributed by atoms with van der Waals surface area (Å²) in [6, 6.07) is 3.05. The molecule has 0 bridgehead atoms. The van der Waals surface area contributed by atoms with Crippen molar-refractivity contribution in [3.63, 3.8) is 0 Å². The monoisotopic (exact) mass is 340 g/mol. The lowest BCUT2D eigenvalue weighted by molar-refractivity contribution is -0.271. The molecule has 24 heavy (non-hydrogen) atoms. The molecule has 0 aliphatic carbocycles. The van der Waals surface area contributed by atoms with Crippen molar-refractivity contribution in [2.45, 2.75) is 52.1 Å². The van der Waals surface area contributed by atoms with Crippen LogP contribution in [0, 0.1) is 0 Å². The van der Waals surface area contributed by atoms with Crippen LogP contribution in [0.25, 0.3) is 0 Å². The second-order valence-electron chi connectivity index (χ2n) is 5.54. The van der Waals surface area contributed by atoms with Crippen molar-refractivity contribution in [3.05, 3.63) is 17.7 Å². The van der Waals surface area contributed by atoms with Gasteiger partial charge in [0.15, 0.2) is 11.5 Å². The average Bonchev–Trinajstić information content (AvgIpc) is 2.61. The second-order valence-corrected chi connectivity index (χ2v) is 5.54. The number of benzene rings is 1. The van der Waals surface area contributed by atoms with E-state index in [1.165, 1.54) is 46.3 Å². The third-order valence-corrected chi connectivity index (χ3v) is 3.65. The highest BCUT2D eigenvalue weighted by Gasteiger charge is 2.19. The lowest BCUT2D eigenvalue weighted by Crippen LogP contribution is -2.14. The fraction of sp³-hybridized carbons (Fsp3) is 0.611. The maximum Gasteiger partial charge on any atom is 0.373 e. The predicted molar refractivity (Wildman–Crippen MR) is 90.8 cm³/mol. The first kappa shape index (κ1) is 20.1. The molecule has 0 saturated heterocycles. The Balaban J connectivity index is 2.64. The zero-order chi connectivity index (χ0) is 17.9. The number of carbonyl (C=O) groups is 1. The molecule has 0 aliphatic heterocycles. The van der Waals surface area contributed by atoms with Crippen molar-refractivity contribution in [3.8, 4) is 17.2 Å². The molecule has 0 fully saturated rings. The van der Waals surface area contributed by atoms with Gasteiger partial charge >= 0.3 is 5.97 Å². The van der Waals surface area contributed by atoms with E-state index in [0.717, 1.165) is 19.3 Å². The molecule has 6 heteroatoms. The summed E-state index contributed by atoms with van der Waals surface area (Å²) in [5.74, 6) is 0.587. The van der Waals surface area contributed by atoms with Gasteiger partial charge in [-0.25, -0.2) is 4.79 Å². The molecule has 1 atom stereocenters. The summed E-state index contributed by atoms with van der Waals surface area (Å²) < 4.78 is 15.7. The zero-order valence-electron chi connectivity index (χ0n) is 15.2. The van der Waals surface area contributed by atoms with Gasteiger partial charge in [0.05, 0.1) is 26.9 Å². The van der Waals surface area contributed by atoms with E-state index in [2.05, 4.69) is 6.92 Å². The minimum atomic E-state index is -0.602. The lowest BCUT2D eigenvalue weighted by atomic mass is 10.1. The van der Waals surface area contributed by atoms with Crippen molar-refractivity contribution in [1.29, 1.82) is 0 Å². The molecule has 6 nitrogen and oxygen atoms in total. The minimum absolute atomic E-state index is 0.146. The van der Waals surface area contributed by atoms with Crippen LogP contribution in [0.4, 0.5) is 0 Å². The zero-order valence-corrected chi connectivity index (χ0v) is 15.2. The molecule has 0 aliphatic rings. The topological polar surface area (TPSA) is 63.2 Å². The normalized spacial score (nSPS) is 11.7. The van der Waals surface area contributed by atoms with Gasteiger partial charge in [-0.3, -0.25) is 4.89 Å². The van der Waals surface area contributed by atoms with Crippen LogP contribution >= 0.6 is 0 Å². The highest BCUT2D eigenvalue weighted by atomic mass is 17.2. The van der Waals surface area contributed by atoms with E-state index in [4.69, 9.17) is 24.0 Å². The van der Waals surface area contributed by atoms with E-state index in [1.807, 2.05) is 6.92 Å². The Labute approximate surface area is 143 Å². The van der Waals surface area contributed by atoms with Crippen molar-refractivity contribution >= 4 is 5.97 Å². The molecule has 0 radical (unpaired) electrons. The van der Waals surface area contributed by atoms with Gasteiger partial charge in [-0.05, 0) is 25.5 Å². The molecule has 1 aromatic rings. The molecule has 0 spiro atoms. The summed E-state index contributed by atoms with van der Waals surface area (Å²) in [5, 5.41) is 0. The number of hydrogen-bond donors (Lipinski definition) is 0. The van der Waals surface area contributed by atoms with Crippen LogP contribution in [0.5, 0.6) is 17.2 Å². The highest BCUT2D eigenvalue weighted by molar-refractivity contribution is 5.90. The van der Waals surface area contributed by atoms with Gasteiger partial charge in [-0.1, -0.05) is 32.6 Å². The Morgan fingerprint density at radius 1 is 1.00 bits per heavy atom. The van der Waals surface area contributed by atoms with Crippen LogP contribution in [-0.4, -0.2) is 33.4 Å². The van der Waals surface area contributed by atoms with Gasteiger partial charge in [-0.15, -0.1) is 0 Å². The average molecular weight is 340 g/mol. The third kappa shape index (κ3) is 5.92. The predicted octanol–water partition coefficient (Wildman–Crippen LogP) is 4.16. The van der Waals surface area contributed by atoms with E-state index < -0.39 is 5.97 Å². The summed E-state index contributed by atoms with van der Waals surface area (Å²) >= 11 is 0. The van der Waals surface area contributed by atoms with E-state index in [1.54, 1.807) is 0 Å². The lowest BCUT2D eigenvalue weighted by Gasteiger charge is -2.14. The Morgan fingerprint density at radius 3 is 2.12 bits per heavy atom. The summed E-state index contributed by atoms with van der Waals surface area (Å²) in [6.45, 7) is 4.05. The molecule has 1 unspecified atom stereocenters. The second kappa shape index (κ2) is 10.8. The molecule has 0 heterocycles. The van der Waals surface area contributed by atoms with Crippen LogP contribution < -0.4 is 14.2 Å². The van der Waals surface area contributed by atoms with Gasteiger partial charge in [0, 0.05) is 0 Å². The van der Waals surface area contributed by atoms with Gasteiger partial charge in [0.2, 0.25) is 5.75 Å². The van der Waals surface area contributed by atoms with Gasteiger partial charge in [0.25, 0.3) is 0 Å². The van der Waals surface area contributed by atoms with Gasteiger partial charge in [0.1, 0.15) is 6.10 Å². The van der Waals surface area contributed by atoms with E-state index in [-0.39, 0.29) is 11.7 Å². The summed E-state index contributed by atoms with van der Waals surface area (Å²) in [7, 11) is 4.48. The maximum absolute atomic E-state index is 12.2. The molecule has 0 saturated carbocycles. The first-order valence-electron chi connectivity index (χ1n) is 8.25. The van der Waals surface area contributed by atoms with Crippen molar-refractivity contribution in [2.75, 3.05) is 21.3 Å². The quantitative estimate of drug-likeness (QED) is 0.342. The number of hydrogen-bond acceptors (Lipinski definition) is 6. The molecule has 0 aromatic heterocycles. The van der Waals surface area contributed by atoms with Crippen molar-refractivity contribution in [2.24, 2.45) is 0 Å². The van der Waals surface area contributed by atoms with E-state index >= 15 is 0 Å². The molecule has 1 rings (SSSR count). The molecular weight excluding hydrogens is 312 g/mol. The summed E-state index contributed by atoms with van der Waals surface area (Å²) in [4.78, 5) is 22.3. The Bertz CT molecular complexity index is 489. The number of carbonyl (C=O) groups excluding carboxylic acids is 1. The minimum Gasteiger partial charge on any atom is -0.493 e. The van der Waals surface area contributed by atoms with E-state index in [9.17, 15) is 4.79 Å². The maximum atomic E-state index is 12.2. The molecule has 0 N–H and O–H groups in total. The SMILES string of the molecule is CCCCCCC(C)OOC(=O)c1cc(OC)c(OC)c(OC)c1. The molecule has 136 valence electrons. The smallest absolute Gasteiger partial charge is 0.373 e. The third-order valence-electron chi connectivity index (χ3n) is 3.65. The Kier molecular flexibility index (Phi) is 9.01. The number of unbranched alkanes of at least 4 members (excludes halogenated alkanes) is 3. The van der Waals surface area contributed by atoms with Crippen molar-refractivity contribution < 1.29 is 28.8 Å². The van der Waals surface area contributed by atoms with Gasteiger partial charge in [-0.2, -0.15) is 4.89 Å². The largest absolute Gasteiger partial charge is 0.493 e. The fourth-order valence-electron chi connectivity index (χ4n) is 2.28. The van der Waals surface area contributed by atoms with Crippen LogP contribution in [-0.2, 0) is 9.78 Å². The Hall–Kier alpha value is -1.95. The standard InChI is InChI=1S/C18H28O6/c1-6-7-8-9-10-13(2)23-24-18(19)14-11-15(20-3)17(22-5)16(12-14)21-4/h11-13H,6-10H2,1-5H3. The molecular formula is C18H28O6. The number of rotatable bonds is 11. The van der Waals surface area contributed by atoms with Crippen LogP contribution in [0.15, 0.2) is 12.1 Å². The van der Waals surface area contributed by atoms with Crippen LogP contribution in [0.3, 0.4) is 0 Å². The fourth-order valence-corrected chi connectivity index (χ4v) is 2.28. The van der Waals surface area contributed by atoms with Gasteiger partial charge < -0.3 is 14.2 Å². The number of ether oxygens (including phenoxy) is 3. The molecule has 1 aromatic carbocycles.